The largest absolute Gasteiger partial charge is 1.00 e. The fourth-order valence-electron chi connectivity index (χ4n) is 1.79. The molecule has 0 unspecified atom stereocenters. The molecule has 0 aliphatic heterocycles. The van der Waals surface area contributed by atoms with E-state index in [4.69, 9.17) is 0 Å². The Balaban J connectivity index is 0. The second-order valence-electron chi connectivity index (χ2n) is 4.17. The Morgan fingerprint density at radius 1 is 0.600 bits per heavy atom. The predicted molar refractivity (Wildman–Crippen MR) is 67.8 cm³/mol. The molecule has 2 aromatic rings. The van der Waals surface area contributed by atoms with Gasteiger partial charge in [-0.15, -0.1) is 0 Å². The van der Waals surface area contributed by atoms with Crippen LogP contribution in [-0.4, -0.2) is 38.9 Å². The van der Waals surface area contributed by atoms with Gasteiger partial charge in [0, 0.05) is 0 Å². The van der Waals surface area contributed by atoms with Gasteiger partial charge in [0.25, 0.3) is 0 Å². The number of fused-ring (bicyclic) bond motifs is 1. The van der Waals surface area contributed by atoms with Crippen LogP contribution in [0.25, 0.3) is 10.8 Å². The van der Waals surface area contributed by atoms with Gasteiger partial charge >= 0.3 is 88.7 Å². The van der Waals surface area contributed by atoms with Gasteiger partial charge in [0.15, 0.2) is 0 Å². The fourth-order valence-corrected chi connectivity index (χ4v) is 3.63. The minimum Gasteiger partial charge on any atom is -0.744 e. The monoisotopic (exact) mass is 434 g/mol. The van der Waals surface area contributed by atoms with Gasteiger partial charge in [-0.25, -0.2) is 25.3 Å². The molecule has 120 valence electrons. The zero-order valence-corrected chi connectivity index (χ0v) is 21.7. The molecule has 0 aliphatic carbocycles. The molecule has 0 aliphatic rings. The summed E-state index contributed by atoms with van der Waals surface area (Å²) in [6, 6.07) is 3.39. The van der Waals surface area contributed by atoms with E-state index in [0.29, 0.717) is 18.2 Å². The molecule has 0 heterocycles. The van der Waals surface area contributed by atoms with E-state index in [1.807, 2.05) is 0 Å². The Morgan fingerprint density at radius 2 is 1.04 bits per heavy atom. The maximum absolute atomic E-state index is 11.2. The van der Waals surface area contributed by atoms with Crippen molar-refractivity contribution in [3.05, 3.63) is 30.3 Å². The van der Waals surface area contributed by atoms with Crippen molar-refractivity contribution in [1.29, 1.82) is 0 Å². The molecule has 0 atom stereocenters. The summed E-state index contributed by atoms with van der Waals surface area (Å²) in [5.74, 6) is 0. The third-order valence-electron chi connectivity index (χ3n) is 2.71. The third-order valence-corrected chi connectivity index (χ3v) is 5.23. The summed E-state index contributed by atoms with van der Waals surface area (Å²) in [6.45, 7) is 0. The predicted octanol–water partition coefficient (Wildman–Crippen LogP) is -9.44. The molecule has 0 saturated heterocycles. The molecule has 0 amide bonds. The summed E-state index contributed by atoms with van der Waals surface area (Å²) in [6.07, 6.45) is 0. The Bertz CT molecular complexity index is 1090. The SMILES string of the molecule is O=S(=O)([O-])c1ccc2c(S(=O)(=O)[O-])cc(S(=O)(=O)[O-])cc2c1.[Na+].[Na+].[Na+]. The first-order valence-corrected chi connectivity index (χ1v) is 9.48. The van der Waals surface area contributed by atoms with Crippen molar-refractivity contribution in [2.45, 2.75) is 14.7 Å². The van der Waals surface area contributed by atoms with E-state index >= 15 is 0 Å². The van der Waals surface area contributed by atoms with E-state index in [2.05, 4.69) is 0 Å². The third kappa shape index (κ3) is 7.07. The first-order valence-electron chi connectivity index (χ1n) is 5.26. The summed E-state index contributed by atoms with van der Waals surface area (Å²) in [5, 5.41) is -0.668. The minimum absolute atomic E-state index is 0. The van der Waals surface area contributed by atoms with Crippen molar-refractivity contribution in [2.75, 3.05) is 0 Å². The Labute approximate surface area is 210 Å². The molecule has 0 saturated carbocycles. The van der Waals surface area contributed by atoms with Gasteiger partial charge in [-0.05, 0) is 35.0 Å². The number of benzene rings is 2. The first-order chi connectivity index (χ1) is 9.80. The van der Waals surface area contributed by atoms with Gasteiger partial charge in [-0.2, -0.15) is 0 Å². The van der Waals surface area contributed by atoms with Crippen LogP contribution in [0.5, 0.6) is 0 Å². The van der Waals surface area contributed by atoms with Crippen molar-refractivity contribution in [3.63, 3.8) is 0 Å². The fraction of sp³-hybridized carbons (Fsp3) is 0. The standard InChI is InChI=1S/C10H8O9S3.3Na/c11-20(12,13)7-1-2-9-6(3-7)4-8(21(14,15)16)5-10(9)22(17,18)19;;;/h1-5H,(H,11,12,13)(H,14,15,16)(H,17,18,19);;;/q;3*+1/p-3. The summed E-state index contributed by atoms with van der Waals surface area (Å²) in [7, 11) is -15.1. The Hall–Kier alpha value is 1.43. The molecular formula is C10H5Na3O9S3. The van der Waals surface area contributed by atoms with Crippen LogP contribution in [0.15, 0.2) is 45.0 Å². The number of hydrogen-bond acceptors (Lipinski definition) is 9. The first kappa shape index (κ1) is 28.6. The van der Waals surface area contributed by atoms with E-state index in [0.717, 1.165) is 12.1 Å². The maximum atomic E-state index is 11.2. The quantitative estimate of drug-likeness (QED) is 0.336. The van der Waals surface area contributed by atoms with Crippen LogP contribution in [0.4, 0.5) is 0 Å². The minimum atomic E-state index is -5.14. The summed E-state index contributed by atoms with van der Waals surface area (Å²) in [4.78, 5) is -2.81. The molecule has 0 spiro atoms. The van der Waals surface area contributed by atoms with E-state index in [-0.39, 0.29) is 99.4 Å². The molecule has 25 heavy (non-hydrogen) atoms. The van der Waals surface area contributed by atoms with Gasteiger partial charge in [-0.3, -0.25) is 0 Å². The summed E-state index contributed by atoms with van der Waals surface area (Å²) < 4.78 is 99.3. The van der Waals surface area contributed by atoms with Gasteiger partial charge in [0.1, 0.15) is 30.4 Å². The van der Waals surface area contributed by atoms with Gasteiger partial charge in [0.2, 0.25) is 0 Å². The van der Waals surface area contributed by atoms with Gasteiger partial charge in [0.05, 0.1) is 14.7 Å². The molecule has 15 heteroatoms. The van der Waals surface area contributed by atoms with Gasteiger partial charge in [-0.1, -0.05) is 6.07 Å². The van der Waals surface area contributed by atoms with Crippen LogP contribution in [0.1, 0.15) is 0 Å². The van der Waals surface area contributed by atoms with Crippen molar-refractivity contribution >= 4 is 41.1 Å². The van der Waals surface area contributed by atoms with Crippen LogP contribution in [0, 0.1) is 0 Å². The summed E-state index contributed by atoms with van der Waals surface area (Å²) in [5.41, 5.74) is 0. The molecule has 0 bridgehead atoms. The Morgan fingerprint density at radius 3 is 1.44 bits per heavy atom. The molecule has 2 aromatic carbocycles. The Kier molecular flexibility index (Phi) is 11.2. The topological polar surface area (TPSA) is 172 Å². The number of hydrogen-bond donors (Lipinski definition) is 0. The summed E-state index contributed by atoms with van der Waals surface area (Å²) >= 11 is 0. The van der Waals surface area contributed by atoms with E-state index in [1.165, 1.54) is 0 Å². The molecule has 0 fully saturated rings. The van der Waals surface area contributed by atoms with Crippen molar-refractivity contribution < 1.29 is 128 Å². The van der Waals surface area contributed by atoms with Crippen LogP contribution in [0.2, 0.25) is 0 Å². The van der Waals surface area contributed by atoms with Crippen molar-refractivity contribution in [3.8, 4) is 0 Å². The molecule has 2 rings (SSSR count). The maximum Gasteiger partial charge on any atom is 1.00 e. The van der Waals surface area contributed by atoms with Crippen molar-refractivity contribution in [1.82, 2.24) is 0 Å². The van der Waals surface area contributed by atoms with Crippen LogP contribution in [0.3, 0.4) is 0 Å². The second-order valence-corrected chi connectivity index (χ2v) is 8.27. The van der Waals surface area contributed by atoms with Crippen LogP contribution >= 0.6 is 0 Å². The normalized spacial score (nSPS) is 11.8. The van der Waals surface area contributed by atoms with Crippen molar-refractivity contribution in [2.24, 2.45) is 0 Å². The molecule has 9 nitrogen and oxygen atoms in total. The zero-order chi connectivity index (χ0) is 16.9. The smallest absolute Gasteiger partial charge is 0.744 e. The van der Waals surface area contributed by atoms with Crippen LogP contribution in [-0.2, 0) is 30.4 Å². The van der Waals surface area contributed by atoms with Gasteiger partial charge < -0.3 is 13.7 Å². The van der Waals surface area contributed by atoms with E-state index in [1.54, 1.807) is 0 Å². The zero-order valence-electron chi connectivity index (χ0n) is 13.3. The second kappa shape index (κ2) is 9.76. The molecule has 0 radical (unpaired) electrons. The van der Waals surface area contributed by atoms with E-state index < -0.39 is 45.0 Å². The molecular weight excluding hydrogens is 429 g/mol. The molecule has 0 aromatic heterocycles. The number of rotatable bonds is 3. The molecule has 0 N–H and O–H groups in total. The average Bonchev–Trinajstić information content (AvgIpc) is 2.33. The van der Waals surface area contributed by atoms with E-state index in [9.17, 15) is 38.9 Å². The average molecular weight is 434 g/mol. The van der Waals surface area contributed by atoms with Crippen LogP contribution < -0.4 is 88.7 Å².